The molecule has 0 saturated heterocycles. The van der Waals surface area contributed by atoms with Crippen LogP contribution in [0.2, 0.25) is 0 Å². The molecule has 19 heteroatoms. The van der Waals surface area contributed by atoms with Gasteiger partial charge < -0.3 is 33.8 Å². The zero-order chi connectivity index (χ0) is 70.0. The summed E-state index contributed by atoms with van der Waals surface area (Å²) in [6, 6.07) is 0. The van der Waals surface area contributed by atoms with Gasteiger partial charge in [0, 0.05) is 25.7 Å². The van der Waals surface area contributed by atoms with Crippen molar-refractivity contribution in [3.63, 3.8) is 0 Å². The van der Waals surface area contributed by atoms with Gasteiger partial charge in [-0.2, -0.15) is 0 Å². The van der Waals surface area contributed by atoms with Crippen molar-refractivity contribution in [2.24, 2.45) is 11.8 Å². The summed E-state index contributed by atoms with van der Waals surface area (Å²) in [5.41, 5.74) is 0. The van der Waals surface area contributed by atoms with Crippen LogP contribution < -0.4 is 0 Å². The number of unbranched alkanes of at least 4 members (excludes halogenated alkanes) is 34. The molecule has 6 atom stereocenters. The van der Waals surface area contributed by atoms with Crippen LogP contribution in [0.4, 0.5) is 0 Å². The second-order valence-electron chi connectivity index (χ2n) is 26.7. The molecule has 0 spiro atoms. The number of carbonyl (C=O) groups is 4. The van der Waals surface area contributed by atoms with E-state index in [0.717, 1.165) is 140 Å². The van der Waals surface area contributed by atoms with Crippen LogP contribution in [-0.2, 0) is 65.4 Å². The molecule has 0 fully saturated rings. The average Bonchev–Trinajstić information content (AvgIpc) is 3.39. The Bertz CT molecular complexity index is 2030. The number of carbonyl (C=O) groups excluding carboxylic acids is 4. The van der Waals surface area contributed by atoms with Crippen LogP contribution in [-0.4, -0.2) is 96.7 Å². The predicted octanol–water partition coefficient (Wildman–Crippen LogP) is 21.4. The van der Waals surface area contributed by atoms with E-state index in [-0.39, 0.29) is 25.7 Å². The Morgan fingerprint density at radius 2 is 0.621 bits per heavy atom. The number of hydrogen-bond donors (Lipinski definition) is 3. The highest BCUT2D eigenvalue weighted by Gasteiger charge is 2.30. The molecule has 17 nitrogen and oxygen atoms in total. The van der Waals surface area contributed by atoms with Gasteiger partial charge in [0.05, 0.1) is 26.4 Å². The molecule has 0 rings (SSSR count). The van der Waals surface area contributed by atoms with E-state index in [1.165, 1.54) is 122 Å². The fourth-order valence-corrected chi connectivity index (χ4v) is 12.1. The minimum Gasteiger partial charge on any atom is -0.462 e. The van der Waals surface area contributed by atoms with Crippen LogP contribution >= 0.6 is 15.6 Å². The third kappa shape index (κ3) is 68.0. The molecule has 0 bridgehead atoms. The summed E-state index contributed by atoms with van der Waals surface area (Å²) in [4.78, 5) is 72.8. The van der Waals surface area contributed by atoms with E-state index in [0.29, 0.717) is 25.7 Å². The number of hydrogen-bond acceptors (Lipinski definition) is 15. The Balaban J connectivity index is 5.33. The molecular weight excluding hydrogens is 1250 g/mol. The SMILES string of the molecule is CCCCCC/C=C\C=C/CCCCCCCC(=O)OC[C@H](COP(=O)(O)OC[C@@H](O)COP(=O)(O)OC[C@@H](COC(=O)CCCCCCCCC(C)CC)OC(=O)CCCCCCC/C=C\C=C/CCCCCC)OC(=O)CCCCCCCCCCCCCCC(C)C. The summed E-state index contributed by atoms with van der Waals surface area (Å²) in [7, 11) is -9.94. The lowest BCUT2D eigenvalue weighted by Crippen LogP contribution is -2.30. The first kappa shape index (κ1) is 92.0. The number of allylic oxidation sites excluding steroid dienone is 8. The highest BCUT2D eigenvalue weighted by Crippen LogP contribution is 2.45. The molecule has 0 aliphatic rings. The van der Waals surface area contributed by atoms with Crippen LogP contribution in [0, 0.1) is 11.8 Å². The topological polar surface area (TPSA) is 237 Å². The zero-order valence-corrected chi connectivity index (χ0v) is 62.7. The Kier molecular flexibility index (Phi) is 64.8. The van der Waals surface area contributed by atoms with Gasteiger partial charge in [-0.3, -0.25) is 37.3 Å². The third-order valence-corrected chi connectivity index (χ3v) is 18.7. The second kappa shape index (κ2) is 66.9. The zero-order valence-electron chi connectivity index (χ0n) is 60.9. The number of ether oxygens (including phenoxy) is 4. The first-order valence-corrected chi connectivity index (χ1v) is 41.2. The highest BCUT2D eigenvalue weighted by atomic mass is 31.2. The van der Waals surface area contributed by atoms with Crippen molar-refractivity contribution in [2.75, 3.05) is 39.6 Å². The van der Waals surface area contributed by atoms with E-state index in [4.69, 9.17) is 37.0 Å². The summed E-state index contributed by atoms with van der Waals surface area (Å²) in [6.07, 6.45) is 59.9. The summed E-state index contributed by atoms with van der Waals surface area (Å²) >= 11 is 0. The van der Waals surface area contributed by atoms with E-state index in [9.17, 15) is 43.2 Å². The molecule has 0 amide bonds. The maximum Gasteiger partial charge on any atom is 0.472 e. The maximum atomic E-state index is 13.1. The van der Waals surface area contributed by atoms with Gasteiger partial charge in [0.1, 0.15) is 19.3 Å². The Morgan fingerprint density at radius 3 is 0.937 bits per heavy atom. The average molecular weight is 1390 g/mol. The normalized spacial score (nSPS) is 14.6. The fourth-order valence-electron chi connectivity index (χ4n) is 10.5. The fraction of sp³-hybridized carbons (Fsp3) is 0.842. The highest BCUT2D eigenvalue weighted by molar-refractivity contribution is 7.47. The summed E-state index contributed by atoms with van der Waals surface area (Å²) < 4.78 is 68.4. The standard InChI is InChI=1S/C76H140O17P2/c1-7-10-12-14-16-18-20-22-24-26-31-35-39-46-52-58-73(78)86-64-71(92-75(80)61-55-49-41-37-33-29-28-30-34-38-44-50-56-68(4)5)66-90-94(82,83)88-62-70(77)63-89-95(84,85)91-67-72(65-87-74(79)59-53-47-43-42-45-51-57-69(6)9-3)93-76(81)60-54-48-40-36-32-27-25-23-21-19-17-15-13-11-8-2/h18-25,68-72,77H,7-17,26-67H2,1-6H3,(H,82,83)(H,84,85)/b20-18-,21-19-,24-22-,25-23-/t69?,70-,71-,72-/m1/s1. The van der Waals surface area contributed by atoms with Crippen molar-refractivity contribution >= 4 is 39.5 Å². The Labute approximate surface area is 578 Å². The van der Waals surface area contributed by atoms with Crippen LogP contribution in [0.25, 0.3) is 0 Å². The molecule has 0 aliphatic carbocycles. The number of rotatable bonds is 71. The van der Waals surface area contributed by atoms with Crippen molar-refractivity contribution in [2.45, 2.75) is 362 Å². The minimum absolute atomic E-state index is 0.0817. The largest absolute Gasteiger partial charge is 0.472 e. The molecule has 0 aromatic rings. The van der Waals surface area contributed by atoms with Crippen LogP contribution in [0.1, 0.15) is 343 Å². The minimum atomic E-state index is -4.97. The Hall–Kier alpha value is -2.98. The van der Waals surface area contributed by atoms with Gasteiger partial charge in [-0.15, -0.1) is 0 Å². The molecular formula is C76H140O17P2. The molecule has 0 heterocycles. The lowest BCUT2D eigenvalue weighted by Gasteiger charge is -2.21. The van der Waals surface area contributed by atoms with Gasteiger partial charge in [0.25, 0.3) is 0 Å². The molecule has 3 N–H and O–H groups in total. The maximum absolute atomic E-state index is 13.1. The van der Waals surface area contributed by atoms with Crippen LogP contribution in [0.5, 0.6) is 0 Å². The van der Waals surface area contributed by atoms with Gasteiger partial charge in [-0.25, -0.2) is 9.13 Å². The van der Waals surface area contributed by atoms with E-state index in [1.807, 2.05) is 0 Å². The lowest BCUT2D eigenvalue weighted by molar-refractivity contribution is -0.161. The first-order valence-electron chi connectivity index (χ1n) is 38.2. The van der Waals surface area contributed by atoms with Crippen molar-refractivity contribution in [1.82, 2.24) is 0 Å². The number of phosphoric acid groups is 2. The van der Waals surface area contributed by atoms with Gasteiger partial charge in [0.2, 0.25) is 0 Å². The van der Waals surface area contributed by atoms with Gasteiger partial charge in [0.15, 0.2) is 12.2 Å². The van der Waals surface area contributed by atoms with Crippen molar-refractivity contribution in [3.8, 4) is 0 Å². The molecule has 3 unspecified atom stereocenters. The number of aliphatic hydroxyl groups excluding tert-OH is 1. The smallest absolute Gasteiger partial charge is 0.462 e. The molecule has 0 aliphatic heterocycles. The van der Waals surface area contributed by atoms with Gasteiger partial charge in [-0.1, -0.05) is 289 Å². The number of esters is 4. The molecule has 0 aromatic heterocycles. The van der Waals surface area contributed by atoms with E-state index in [1.54, 1.807) is 0 Å². The van der Waals surface area contributed by atoms with Crippen molar-refractivity contribution < 1.29 is 80.2 Å². The third-order valence-electron chi connectivity index (χ3n) is 16.8. The van der Waals surface area contributed by atoms with Crippen molar-refractivity contribution in [1.29, 1.82) is 0 Å². The Morgan fingerprint density at radius 1 is 0.347 bits per heavy atom. The number of phosphoric ester groups is 2. The number of aliphatic hydroxyl groups is 1. The quantitative estimate of drug-likeness (QED) is 0.0169. The molecule has 556 valence electrons. The molecule has 0 aromatic carbocycles. The molecule has 95 heavy (non-hydrogen) atoms. The van der Waals surface area contributed by atoms with Crippen LogP contribution in [0.15, 0.2) is 48.6 Å². The van der Waals surface area contributed by atoms with E-state index in [2.05, 4.69) is 90.2 Å². The van der Waals surface area contributed by atoms with Crippen molar-refractivity contribution in [3.05, 3.63) is 48.6 Å². The van der Waals surface area contributed by atoms with Crippen LogP contribution in [0.3, 0.4) is 0 Å². The molecule has 0 saturated carbocycles. The van der Waals surface area contributed by atoms with Gasteiger partial charge >= 0.3 is 39.5 Å². The lowest BCUT2D eigenvalue weighted by atomic mass is 10.00. The molecule has 0 radical (unpaired) electrons. The van der Waals surface area contributed by atoms with E-state index < -0.39 is 97.5 Å². The summed E-state index contributed by atoms with van der Waals surface area (Å²) in [5, 5.41) is 10.6. The van der Waals surface area contributed by atoms with Gasteiger partial charge in [-0.05, 0) is 88.9 Å². The predicted molar refractivity (Wildman–Crippen MR) is 386 cm³/mol. The monoisotopic (exact) mass is 1390 g/mol. The first-order chi connectivity index (χ1) is 45.9. The van der Waals surface area contributed by atoms with E-state index >= 15 is 0 Å². The second-order valence-corrected chi connectivity index (χ2v) is 29.6. The summed E-state index contributed by atoms with van der Waals surface area (Å²) in [5.74, 6) is -0.680. The summed E-state index contributed by atoms with van der Waals surface area (Å²) in [6.45, 7) is 9.42.